The number of phenols is 1. The number of phenolic OH excluding ortho intramolecular Hbond substituents is 1. The van der Waals surface area contributed by atoms with Crippen molar-refractivity contribution in [2.24, 2.45) is 0 Å². The van der Waals surface area contributed by atoms with Crippen molar-refractivity contribution in [1.29, 1.82) is 0 Å². The van der Waals surface area contributed by atoms with E-state index in [9.17, 15) is 13.5 Å². The Morgan fingerprint density at radius 1 is 1.22 bits per heavy atom. The predicted octanol–water partition coefficient (Wildman–Crippen LogP) is 2.34. The van der Waals surface area contributed by atoms with Crippen molar-refractivity contribution in [2.75, 3.05) is 0 Å². The van der Waals surface area contributed by atoms with Crippen LogP contribution in [0.15, 0.2) is 44.8 Å². The fourth-order valence-corrected chi connectivity index (χ4v) is 3.05. The first kappa shape index (κ1) is 12.6. The molecule has 0 unspecified atom stereocenters. The van der Waals surface area contributed by atoms with Crippen LogP contribution < -0.4 is 0 Å². The number of nitrogens with zero attached hydrogens (tertiary/aromatic N) is 1. The highest BCUT2D eigenvalue weighted by atomic mass is 32.2. The lowest BCUT2D eigenvalue weighted by atomic mass is 10.2. The monoisotopic (exact) mass is 267 g/mol. The maximum atomic E-state index is 12.3. The first-order valence-electron chi connectivity index (χ1n) is 5.41. The number of aromatic nitrogens is 1. The second kappa shape index (κ2) is 4.45. The summed E-state index contributed by atoms with van der Waals surface area (Å²) in [7, 11) is -3.66. The van der Waals surface area contributed by atoms with Crippen LogP contribution in [0.3, 0.4) is 0 Å². The fraction of sp³-hybridized carbons (Fsp3) is 0.250. The molecular formula is C12H13NO4S. The molecule has 1 aromatic heterocycles. The Balaban J connectivity index is 2.55. The molecule has 1 N–H and O–H groups in total. The third-order valence-corrected chi connectivity index (χ3v) is 4.30. The van der Waals surface area contributed by atoms with Crippen LogP contribution in [0.4, 0.5) is 0 Å². The van der Waals surface area contributed by atoms with Crippen molar-refractivity contribution in [3.63, 3.8) is 0 Å². The molecule has 96 valence electrons. The summed E-state index contributed by atoms with van der Waals surface area (Å²) in [5.74, 6) is 0.279. The van der Waals surface area contributed by atoms with E-state index < -0.39 is 9.84 Å². The van der Waals surface area contributed by atoms with Crippen LogP contribution in [0.25, 0.3) is 0 Å². The number of sulfone groups is 1. The summed E-state index contributed by atoms with van der Waals surface area (Å²) in [6.45, 7) is 3.66. The van der Waals surface area contributed by atoms with Crippen LogP contribution in [0.1, 0.15) is 25.5 Å². The van der Waals surface area contributed by atoms with Gasteiger partial charge in [-0.2, -0.15) is 0 Å². The molecule has 0 spiro atoms. The minimum Gasteiger partial charge on any atom is -0.508 e. The Labute approximate surface area is 105 Å². The van der Waals surface area contributed by atoms with E-state index in [4.69, 9.17) is 4.52 Å². The van der Waals surface area contributed by atoms with E-state index in [0.717, 1.165) is 0 Å². The minimum absolute atomic E-state index is 0.0170. The molecule has 1 aromatic carbocycles. The van der Waals surface area contributed by atoms with Gasteiger partial charge in [-0.3, -0.25) is 0 Å². The van der Waals surface area contributed by atoms with Gasteiger partial charge in [0.2, 0.25) is 9.84 Å². The van der Waals surface area contributed by atoms with Crippen molar-refractivity contribution in [1.82, 2.24) is 5.16 Å². The van der Waals surface area contributed by atoms with Gasteiger partial charge in [-0.1, -0.05) is 19.0 Å². The number of hydrogen-bond donors (Lipinski definition) is 1. The Morgan fingerprint density at radius 3 is 2.39 bits per heavy atom. The zero-order chi connectivity index (χ0) is 13.3. The summed E-state index contributed by atoms with van der Waals surface area (Å²) in [5.41, 5.74) is 0. The Kier molecular flexibility index (Phi) is 3.13. The lowest BCUT2D eigenvalue weighted by Crippen LogP contribution is -2.04. The van der Waals surface area contributed by atoms with Crippen LogP contribution >= 0.6 is 0 Å². The summed E-state index contributed by atoms with van der Waals surface area (Å²) in [6.07, 6.45) is 1.21. The lowest BCUT2D eigenvalue weighted by molar-refractivity contribution is 0.366. The highest BCUT2D eigenvalue weighted by Crippen LogP contribution is 2.29. The Bertz CT molecular complexity index is 641. The molecule has 0 aliphatic heterocycles. The lowest BCUT2D eigenvalue weighted by Gasteiger charge is -2.05. The average molecular weight is 267 g/mol. The first-order valence-corrected chi connectivity index (χ1v) is 6.90. The van der Waals surface area contributed by atoms with Gasteiger partial charge in [0.25, 0.3) is 0 Å². The van der Waals surface area contributed by atoms with Crippen molar-refractivity contribution < 1.29 is 18.0 Å². The quantitative estimate of drug-likeness (QED) is 0.923. The van der Waals surface area contributed by atoms with Crippen molar-refractivity contribution in [3.05, 3.63) is 36.2 Å². The summed E-state index contributed by atoms with van der Waals surface area (Å²) in [4.78, 5) is 0.175. The normalized spacial score (nSPS) is 11.9. The van der Waals surface area contributed by atoms with Gasteiger partial charge in [0, 0.05) is 5.92 Å². The molecule has 2 rings (SSSR count). The molecular weight excluding hydrogens is 254 g/mol. The van der Waals surface area contributed by atoms with E-state index in [2.05, 4.69) is 5.16 Å². The van der Waals surface area contributed by atoms with Crippen LogP contribution in [0.2, 0.25) is 0 Å². The molecule has 0 atom stereocenters. The van der Waals surface area contributed by atoms with Crippen LogP contribution in [0, 0.1) is 0 Å². The third kappa shape index (κ3) is 2.11. The second-order valence-electron chi connectivity index (χ2n) is 4.21. The highest BCUT2D eigenvalue weighted by molar-refractivity contribution is 7.91. The Hall–Kier alpha value is -1.82. The zero-order valence-corrected chi connectivity index (χ0v) is 10.8. The van der Waals surface area contributed by atoms with Gasteiger partial charge in [-0.25, -0.2) is 8.42 Å². The molecule has 0 aliphatic rings. The summed E-state index contributed by atoms with van der Waals surface area (Å²) in [5, 5.41) is 12.7. The van der Waals surface area contributed by atoms with Gasteiger partial charge in [-0.05, 0) is 24.3 Å². The molecule has 1 heterocycles. The van der Waals surface area contributed by atoms with Gasteiger partial charge >= 0.3 is 0 Å². The fourth-order valence-electron chi connectivity index (χ4n) is 1.58. The number of rotatable bonds is 3. The molecule has 0 saturated carbocycles. The molecule has 0 fully saturated rings. The molecule has 2 aromatic rings. The molecule has 18 heavy (non-hydrogen) atoms. The zero-order valence-electron chi connectivity index (χ0n) is 9.99. The maximum Gasteiger partial charge on any atom is 0.211 e. The minimum atomic E-state index is -3.66. The van der Waals surface area contributed by atoms with Crippen molar-refractivity contribution >= 4 is 9.84 Å². The summed E-state index contributed by atoms with van der Waals surface area (Å²) < 4.78 is 29.7. The largest absolute Gasteiger partial charge is 0.508 e. The number of aromatic hydroxyl groups is 1. The smallest absolute Gasteiger partial charge is 0.211 e. The van der Waals surface area contributed by atoms with Gasteiger partial charge < -0.3 is 9.63 Å². The van der Waals surface area contributed by atoms with E-state index in [1.165, 1.54) is 30.5 Å². The van der Waals surface area contributed by atoms with E-state index in [1.54, 1.807) is 0 Å². The molecule has 0 aliphatic carbocycles. The predicted molar refractivity (Wildman–Crippen MR) is 64.2 cm³/mol. The van der Waals surface area contributed by atoms with E-state index >= 15 is 0 Å². The summed E-state index contributed by atoms with van der Waals surface area (Å²) in [6, 6.07) is 5.36. The van der Waals surface area contributed by atoms with E-state index in [-0.39, 0.29) is 21.5 Å². The van der Waals surface area contributed by atoms with Gasteiger partial charge in [0.05, 0.1) is 11.1 Å². The van der Waals surface area contributed by atoms with Crippen molar-refractivity contribution in [2.45, 2.75) is 29.6 Å². The average Bonchev–Trinajstić information content (AvgIpc) is 2.79. The van der Waals surface area contributed by atoms with Crippen molar-refractivity contribution in [3.8, 4) is 5.75 Å². The Morgan fingerprint density at radius 2 is 1.83 bits per heavy atom. The molecule has 0 bridgehead atoms. The van der Waals surface area contributed by atoms with Gasteiger partial charge in [0.15, 0.2) is 5.76 Å². The maximum absolute atomic E-state index is 12.3. The molecule has 5 nitrogen and oxygen atoms in total. The topological polar surface area (TPSA) is 80.4 Å². The van der Waals surface area contributed by atoms with Crippen LogP contribution in [-0.4, -0.2) is 18.7 Å². The molecule has 6 heteroatoms. The number of hydrogen-bond acceptors (Lipinski definition) is 5. The van der Waals surface area contributed by atoms with Gasteiger partial charge in [0.1, 0.15) is 10.6 Å². The van der Waals surface area contributed by atoms with E-state index in [0.29, 0.717) is 5.76 Å². The van der Waals surface area contributed by atoms with Crippen LogP contribution in [0.5, 0.6) is 5.75 Å². The number of benzene rings is 1. The third-order valence-electron chi connectivity index (χ3n) is 2.52. The van der Waals surface area contributed by atoms with Gasteiger partial charge in [-0.15, -0.1) is 0 Å². The standard InChI is InChI=1S/C12H13NO4S/c1-8(2)12-11(7-13-17-12)18(15,16)10-5-3-9(14)4-6-10/h3-8,14H,1-2H3. The SMILES string of the molecule is CC(C)c1oncc1S(=O)(=O)c1ccc(O)cc1. The first-order chi connectivity index (χ1) is 8.43. The summed E-state index contributed by atoms with van der Waals surface area (Å²) >= 11 is 0. The molecule has 0 radical (unpaired) electrons. The molecule has 0 saturated heterocycles. The van der Waals surface area contributed by atoms with E-state index in [1.807, 2.05) is 13.8 Å². The highest BCUT2D eigenvalue weighted by Gasteiger charge is 2.26. The molecule has 0 amide bonds. The second-order valence-corrected chi connectivity index (χ2v) is 6.12. The van der Waals surface area contributed by atoms with Crippen LogP contribution in [-0.2, 0) is 9.84 Å².